The van der Waals surface area contributed by atoms with Crippen LogP contribution in [0.4, 0.5) is 0 Å². The van der Waals surface area contributed by atoms with Gasteiger partial charge in [0, 0.05) is 23.1 Å². The van der Waals surface area contributed by atoms with E-state index in [0.717, 1.165) is 11.3 Å². The summed E-state index contributed by atoms with van der Waals surface area (Å²) in [5, 5.41) is 6.49. The van der Waals surface area contributed by atoms with Crippen molar-refractivity contribution >= 4 is 28.9 Å². The number of aliphatic imine (C=N–C) groups is 1. The SMILES string of the molecule is CC(C)(C)C1=CC(=O)NC2=CC(=NC(=O)c3ccsc3)C=CC21. The second-order valence-electron chi connectivity index (χ2n) is 6.63. The van der Waals surface area contributed by atoms with Crippen LogP contribution in [0.1, 0.15) is 31.1 Å². The zero-order chi connectivity index (χ0) is 16.6. The van der Waals surface area contributed by atoms with E-state index in [-0.39, 0.29) is 23.1 Å². The van der Waals surface area contributed by atoms with Gasteiger partial charge in [0.25, 0.3) is 5.91 Å². The number of hydrogen-bond acceptors (Lipinski definition) is 3. The highest BCUT2D eigenvalue weighted by atomic mass is 32.1. The molecule has 2 aliphatic rings. The lowest BCUT2D eigenvalue weighted by Crippen LogP contribution is -2.36. The van der Waals surface area contributed by atoms with Crippen LogP contribution in [0.5, 0.6) is 0 Å². The molecule has 1 atom stereocenters. The quantitative estimate of drug-likeness (QED) is 0.858. The molecule has 23 heavy (non-hydrogen) atoms. The van der Waals surface area contributed by atoms with Crippen molar-refractivity contribution in [1.82, 2.24) is 5.32 Å². The summed E-state index contributed by atoms with van der Waals surface area (Å²) in [6.45, 7) is 6.27. The number of nitrogens with one attached hydrogen (secondary N) is 1. The Morgan fingerprint density at radius 1 is 1.30 bits per heavy atom. The summed E-state index contributed by atoms with van der Waals surface area (Å²) in [5.41, 5.74) is 2.88. The number of carbonyl (C=O) groups is 2. The van der Waals surface area contributed by atoms with Crippen LogP contribution in [-0.2, 0) is 4.79 Å². The summed E-state index contributed by atoms with van der Waals surface area (Å²) in [4.78, 5) is 28.1. The average Bonchev–Trinajstić information content (AvgIpc) is 2.99. The van der Waals surface area contributed by atoms with Gasteiger partial charge >= 0.3 is 0 Å². The van der Waals surface area contributed by atoms with Gasteiger partial charge in [0.2, 0.25) is 5.91 Å². The Labute approximate surface area is 139 Å². The second kappa shape index (κ2) is 5.74. The first-order chi connectivity index (χ1) is 10.8. The topological polar surface area (TPSA) is 58.5 Å². The molecule has 0 spiro atoms. The standard InChI is InChI=1S/C18H18N2O2S/c1-18(2,3)14-9-16(21)20-15-8-12(4-5-13(14)15)19-17(22)11-6-7-23-10-11/h4-10,13H,1-3H3,(H,20,21). The molecular weight excluding hydrogens is 308 g/mol. The first kappa shape index (κ1) is 15.6. The molecule has 4 nitrogen and oxygen atoms in total. The lowest BCUT2D eigenvalue weighted by Gasteiger charge is -2.34. The van der Waals surface area contributed by atoms with Gasteiger partial charge in [-0.15, -0.1) is 0 Å². The first-order valence-electron chi connectivity index (χ1n) is 7.42. The van der Waals surface area contributed by atoms with Crippen LogP contribution in [0.25, 0.3) is 0 Å². The van der Waals surface area contributed by atoms with Crippen LogP contribution in [-0.4, -0.2) is 17.5 Å². The minimum Gasteiger partial charge on any atom is -0.325 e. The fourth-order valence-electron chi connectivity index (χ4n) is 2.71. The summed E-state index contributed by atoms with van der Waals surface area (Å²) < 4.78 is 0. The molecule has 118 valence electrons. The molecule has 2 amide bonds. The Balaban J connectivity index is 1.91. The summed E-state index contributed by atoms with van der Waals surface area (Å²) in [7, 11) is 0. The lowest BCUT2D eigenvalue weighted by molar-refractivity contribution is -0.116. The molecule has 0 saturated heterocycles. The van der Waals surface area contributed by atoms with Crippen LogP contribution in [0.2, 0.25) is 0 Å². The second-order valence-corrected chi connectivity index (χ2v) is 7.41. The van der Waals surface area contributed by atoms with Crippen molar-refractivity contribution in [2.45, 2.75) is 20.8 Å². The van der Waals surface area contributed by atoms with Gasteiger partial charge < -0.3 is 5.32 Å². The highest BCUT2D eigenvalue weighted by molar-refractivity contribution is 7.08. The summed E-state index contributed by atoms with van der Waals surface area (Å²) in [6.07, 6.45) is 7.29. The molecule has 0 aromatic carbocycles. The summed E-state index contributed by atoms with van der Waals surface area (Å²) >= 11 is 1.46. The van der Waals surface area contributed by atoms with E-state index < -0.39 is 0 Å². The van der Waals surface area contributed by atoms with Crippen molar-refractivity contribution in [2.24, 2.45) is 16.3 Å². The number of carbonyl (C=O) groups excluding carboxylic acids is 2. The predicted octanol–water partition coefficient (Wildman–Crippen LogP) is 3.50. The molecule has 1 aromatic heterocycles. The van der Waals surface area contributed by atoms with Crippen molar-refractivity contribution in [2.75, 3.05) is 0 Å². The minimum atomic E-state index is -0.269. The molecule has 1 aliphatic carbocycles. The average molecular weight is 326 g/mol. The van der Waals surface area contributed by atoms with E-state index in [9.17, 15) is 9.59 Å². The lowest BCUT2D eigenvalue weighted by atomic mass is 9.74. The van der Waals surface area contributed by atoms with E-state index in [2.05, 4.69) is 31.1 Å². The number of allylic oxidation sites excluding steroid dienone is 3. The molecule has 1 aliphatic heterocycles. The van der Waals surface area contributed by atoms with Crippen molar-refractivity contribution < 1.29 is 9.59 Å². The zero-order valence-electron chi connectivity index (χ0n) is 13.3. The third-order valence-corrected chi connectivity index (χ3v) is 4.54. The highest BCUT2D eigenvalue weighted by Crippen LogP contribution is 2.38. The predicted molar refractivity (Wildman–Crippen MR) is 92.5 cm³/mol. The van der Waals surface area contributed by atoms with Crippen molar-refractivity contribution in [3.8, 4) is 0 Å². The maximum Gasteiger partial charge on any atom is 0.278 e. The molecule has 5 heteroatoms. The number of thiophene rings is 1. The molecule has 1 aromatic rings. The van der Waals surface area contributed by atoms with Crippen molar-refractivity contribution in [1.29, 1.82) is 0 Å². The monoisotopic (exact) mass is 326 g/mol. The largest absolute Gasteiger partial charge is 0.325 e. The van der Waals surface area contributed by atoms with Gasteiger partial charge in [0.05, 0.1) is 11.3 Å². The normalized spacial score (nSPS) is 22.3. The third kappa shape index (κ3) is 3.24. The van der Waals surface area contributed by atoms with E-state index in [1.54, 1.807) is 23.6 Å². The smallest absolute Gasteiger partial charge is 0.278 e. The van der Waals surface area contributed by atoms with Gasteiger partial charge in [-0.3, -0.25) is 9.59 Å². The Morgan fingerprint density at radius 2 is 2.09 bits per heavy atom. The van der Waals surface area contributed by atoms with Gasteiger partial charge in [-0.25, -0.2) is 4.99 Å². The van der Waals surface area contributed by atoms with E-state index in [0.29, 0.717) is 11.3 Å². The molecule has 2 heterocycles. The van der Waals surface area contributed by atoms with Gasteiger partial charge in [-0.2, -0.15) is 11.3 Å². The van der Waals surface area contributed by atoms with E-state index in [1.807, 2.05) is 17.5 Å². The van der Waals surface area contributed by atoms with Crippen molar-refractivity contribution in [3.63, 3.8) is 0 Å². The van der Waals surface area contributed by atoms with E-state index >= 15 is 0 Å². The van der Waals surface area contributed by atoms with Crippen LogP contribution in [0.3, 0.4) is 0 Å². The Morgan fingerprint density at radius 3 is 2.74 bits per heavy atom. The maximum atomic E-state index is 12.1. The number of fused-ring (bicyclic) bond motifs is 1. The first-order valence-corrected chi connectivity index (χ1v) is 8.37. The molecule has 1 unspecified atom stereocenters. The summed E-state index contributed by atoms with van der Waals surface area (Å²) in [5.74, 6) is -0.367. The van der Waals surface area contributed by atoms with Crippen LogP contribution >= 0.6 is 11.3 Å². The van der Waals surface area contributed by atoms with Gasteiger partial charge in [0.15, 0.2) is 0 Å². The van der Waals surface area contributed by atoms with Crippen LogP contribution in [0.15, 0.2) is 57.4 Å². The summed E-state index contributed by atoms with van der Waals surface area (Å²) in [6, 6.07) is 1.75. The van der Waals surface area contributed by atoms with Crippen molar-refractivity contribution in [3.05, 3.63) is 58.0 Å². The molecule has 0 radical (unpaired) electrons. The zero-order valence-corrected chi connectivity index (χ0v) is 14.1. The van der Waals surface area contributed by atoms with Gasteiger partial charge in [0.1, 0.15) is 0 Å². The highest BCUT2D eigenvalue weighted by Gasteiger charge is 2.32. The molecule has 1 N–H and O–H groups in total. The van der Waals surface area contributed by atoms with Crippen LogP contribution in [0, 0.1) is 11.3 Å². The van der Waals surface area contributed by atoms with Crippen LogP contribution < -0.4 is 5.32 Å². The third-order valence-electron chi connectivity index (χ3n) is 3.85. The number of nitrogens with zero attached hydrogens (tertiary/aromatic N) is 1. The van der Waals surface area contributed by atoms with Gasteiger partial charge in [-0.05, 0) is 34.6 Å². The molecule has 0 fully saturated rings. The number of rotatable bonds is 1. The fraction of sp³-hybridized carbons (Fsp3) is 0.278. The Hall–Kier alpha value is -2.27. The maximum absolute atomic E-state index is 12.1. The molecule has 3 rings (SSSR count). The molecule has 0 saturated carbocycles. The van der Waals surface area contributed by atoms with E-state index in [1.165, 1.54) is 11.3 Å². The molecule has 0 bridgehead atoms. The minimum absolute atomic E-state index is 0.0305. The number of hydrogen-bond donors (Lipinski definition) is 1. The Kier molecular flexibility index (Phi) is 3.90. The molecular formula is C18H18N2O2S. The van der Waals surface area contributed by atoms with E-state index in [4.69, 9.17) is 0 Å². The van der Waals surface area contributed by atoms with Gasteiger partial charge in [-0.1, -0.05) is 26.8 Å². The fourth-order valence-corrected chi connectivity index (χ4v) is 3.34. The number of amides is 2. The Bertz CT molecular complexity index is 774.